The van der Waals surface area contributed by atoms with Crippen molar-refractivity contribution in [1.29, 1.82) is 0 Å². The van der Waals surface area contributed by atoms with Gasteiger partial charge in [-0.3, -0.25) is 4.79 Å². The lowest BCUT2D eigenvalue weighted by atomic mass is 10.1. The molecule has 0 aromatic heterocycles. The molecule has 4 nitrogen and oxygen atoms in total. The second kappa shape index (κ2) is 8.11. The molecule has 0 heterocycles. The maximum absolute atomic E-state index is 12.0. The number of nitrogens with one attached hydrogen (secondary N) is 1. The topological polar surface area (TPSA) is 47.6 Å². The second-order valence-corrected chi connectivity index (χ2v) is 4.58. The Labute approximate surface area is 120 Å². The number of ether oxygens (including phenoxy) is 2. The molecule has 1 amide bonds. The van der Waals surface area contributed by atoms with Crippen molar-refractivity contribution in [2.24, 2.45) is 5.92 Å². The summed E-state index contributed by atoms with van der Waals surface area (Å²) < 4.78 is 10.5. The molecule has 0 aliphatic rings. The average molecular weight is 275 g/mol. The van der Waals surface area contributed by atoms with E-state index in [0.717, 1.165) is 6.42 Å². The molecule has 1 rings (SSSR count). The zero-order chi connectivity index (χ0) is 15.0. The van der Waals surface area contributed by atoms with Crippen LogP contribution in [0.4, 0.5) is 0 Å². The molecular weight excluding hydrogens is 254 g/mol. The fourth-order valence-corrected chi connectivity index (χ4v) is 1.56. The highest BCUT2D eigenvalue weighted by molar-refractivity contribution is 5.94. The standard InChI is InChI=1S/C16H21NO3/c1-5-9-20-14-8-7-13(10-15(14)19-4)16(18)17-11-12(3)6-2/h1,7-8,10,12H,6,9,11H2,2-4H3,(H,17,18). The molecule has 0 aliphatic carbocycles. The van der Waals surface area contributed by atoms with Crippen molar-refractivity contribution in [2.75, 3.05) is 20.3 Å². The van der Waals surface area contributed by atoms with E-state index in [1.165, 1.54) is 7.11 Å². The fourth-order valence-electron chi connectivity index (χ4n) is 1.56. The van der Waals surface area contributed by atoms with Gasteiger partial charge >= 0.3 is 0 Å². The zero-order valence-corrected chi connectivity index (χ0v) is 12.2. The van der Waals surface area contributed by atoms with Gasteiger partial charge in [-0.15, -0.1) is 6.42 Å². The monoisotopic (exact) mass is 275 g/mol. The van der Waals surface area contributed by atoms with Gasteiger partial charge in [0, 0.05) is 12.1 Å². The molecule has 4 heteroatoms. The van der Waals surface area contributed by atoms with Crippen molar-refractivity contribution < 1.29 is 14.3 Å². The maximum atomic E-state index is 12.0. The Bertz CT molecular complexity index is 491. The van der Waals surface area contributed by atoms with Gasteiger partial charge in [-0.25, -0.2) is 0 Å². The molecule has 20 heavy (non-hydrogen) atoms. The van der Waals surface area contributed by atoms with E-state index in [0.29, 0.717) is 29.5 Å². The van der Waals surface area contributed by atoms with Gasteiger partial charge < -0.3 is 14.8 Å². The summed E-state index contributed by atoms with van der Waals surface area (Å²) in [6.45, 7) is 5.01. The highest BCUT2D eigenvalue weighted by Gasteiger charge is 2.11. The Kier molecular flexibility index (Phi) is 6.45. The van der Waals surface area contributed by atoms with Crippen LogP contribution in [0.5, 0.6) is 11.5 Å². The minimum absolute atomic E-state index is 0.118. The lowest BCUT2D eigenvalue weighted by Gasteiger charge is -2.12. The van der Waals surface area contributed by atoms with Crippen LogP contribution in [-0.2, 0) is 0 Å². The van der Waals surface area contributed by atoms with Crippen molar-refractivity contribution in [3.05, 3.63) is 23.8 Å². The quantitative estimate of drug-likeness (QED) is 0.778. The lowest BCUT2D eigenvalue weighted by molar-refractivity contribution is 0.0947. The predicted molar refractivity (Wildman–Crippen MR) is 79.1 cm³/mol. The first-order valence-corrected chi connectivity index (χ1v) is 6.64. The number of amides is 1. The summed E-state index contributed by atoms with van der Waals surface area (Å²) in [5.74, 6) is 3.75. The van der Waals surface area contributed by atoms with Crippen LogP contribution < -0.4 is 14.8 Å². The average Bonchev–Trinajstić information content (AvgIpc) is 2.49. The van der Waals surface area contributed by atoms with E-state index in [2.05, 4.69) is 25.1 Å². The van der Waals surface area contributed by atoms with E-state index in [1.807, 2.05) is 0 Å². The first-order chi connectivity index (χ1) is 9.62. The molecule has 0 bridgehead atoms. The summed E-state index contributed by atoms with van der Waals surface area (Å²) in [5.41, 5.74) is 0.540. The SMILES string of the molecule is C#CCOc1ccc(C(=O)NCC(C)CC)cc1OC. The Hall–Kier alpha value is -2.15. The molecule has 1 N–H and O–H groups in total. The third-order valence-electron chi connectivity index (χ3n) is 3.04. The Morgan fingerprint density at radius 3 is 2.80 bits per heavy atom. The van der Waals surface area contributed by atoms with Crippen LogP contribution in [0.2, 0.25) is 0 Å². The number of benzene rings is 1. The van der Waals surface area contributed by atoms with Crippen LogP contribution in [0.15, 0.2) is 18.2 Å². The number of rotatable bonds is 7. The molecule has 0 saturated carbocycles. The molecule has 108 valence electrons. The van der Waals surface area contributed by atoms with E-state index in [4.69, 9.17) is 15.9 Å². The molecule has 0 saturated heterocycles. The predicted octanol–water partition coefficient (Wildman–Crippen LogP) is 2.48. The molecule has 0 spiro atoms. The minimum atomic E-state index is -0.118. The van der Waals surface area contributed by atoms with Crippen LogP contribution >= 0.6 is 0 Å². The summed E-state index contributed by atoms with van der Waals surface area (Å²) in [7, 11) is 1.53. The molecule has 0 radical (unpaired) electrons. The maximum Gasteiger partial charge on any atom is 0.251 e. The molecule has 1 unspecified atom stereocenters. The number of hydrogen-bond donors (Lipinski definition) is 1. The summed E-state index contributed by atoms with van der Waals surface area (Å²) in [6.07, 6.45) is 6.18. The zero-order valence-electron chi connectivity index (χ0n) is 12.2. The van der Waals surface area contributed by atoms with Crippen molar-refractivity contribution in [1.82, 2.24) is 5.32 Å². The van der Waals surface area contributed by atoms with Gasteiger partial charge in [0.1, 0.15) is 6.61 Å². The largest absolute Gasteiger partial charge is 0.493 e. The second-order valence-electron chi connectivity index (χ2n) is 4.58. The molecule has 0 fully saturated rings. The van der Waals surface area contributed by atoms with E-state index in [9.17, 15) is 4.79 Å². The first-order valence-electron chi connectivity index (χ1n) is 6.64. The van der Waals surface area contributed by atoms with Gasteiger partial charge in [0.15, 0.2) is 11.5 Å². The van der Waals surface area contributed by atoms with Gasteiger partial charge in [-0.2, -0.15) is 0 Å². The van der Waals surface area contributed by atoms with Crippen molar-refractivity contribution in [3.63, 3.8) is 0 Å². The number of methoxy groups -OCH3 is 1. The third kappa shape index (κ3) is 4.51. The van der Waals surface area contributed by atoms with Gasteiger partial charge in [0.25, 0.3) is 5.91 Å². The van der Waals surface area contributed by atoms with Gasteiger partial charge in [-0.1, -0.05) is 26.2 Å². The smallest absolute Gasteiger partial charge is 0.251 e. The van der Waals surface area contributed by atoms with Gasteiger partial charge in [0.05, 0.1) is 7.11 Å². The van der Waals surface area contributed by atoms with E-state index in [-0.39, 0.29) is 12.5 Å². The van der Waals surface area contributed by atoms with Crippen molar-refractivity contribution in [3.8, 4) is 23.8 Å². The molecule has 1 aromatic rings. The van der Waals surface area contributed by atoms with Crippen LogP contribution in [0, 0.1) is 18.3 Å². The number of terminal acetylenes is 1. The van der Waals surface area contributed by atoms with Gasteiger partial charge in [0.2, 0.25) is 0 Å². The van der Waals surface area contributed by atoms with Crippen LogP contribution in [0.1, 0.15) is 30.6 Å². The Morgan fingerprint density at radius 1 is 1.45 bits per heavy atom. The van der Waals surface area contributed by atoms with Crippen molar-refractivity contribution in [2.45, 2.75) is 20.3 Å². The van der Waals surface area contributed by atoms with E-state index < -0.39 is 0 Å². The fraction of sp³-hybridized carbons (Fsp3) is 0.438. The van der Waals surface area contributed by atoms with Crippen LogP contribution in [0.25, 0.3) is 0 Å². The lowest BCUT2D eigenvalue weighted by Crippen LogP contribution is -2.28. The summed E-state index contributed by atoms with van der Waals surface area (Å²) in [4.78, 5) is 12.0. The number of carbonyl (C=O) groups excluding carboxylic acids is 1. The molecular formula is C16H21NO3. The normalized spacial score (nSPS) is 11.3. The van der Waals surface area contributed by atoms with Gasteiger partial charge in [-0.05, 0) is 24.1 Å². The number of hydrogen-bond acceptors (Lipinski definition) is 3. The van der Waals surface area contributed by atoms with E-state index in [1.54, 1.807) is 18.2 Å². The molecule has 1 atom stereocenters. The number of carbonyl (C=O) groups is 1. The Balaban J connectivity index is 2.76. The molecule has 0 aliphatic heterocycles. The highest BCUT2D eigenvalue weighted by atomic mass is 16.5. The minimum Gasteiger partial charge on any atom is -0.493 e. The highest BCUT2D eigenvalue weighted by Crippen LogP contribution is 2.27. The first kappa shape index (κ1) is 15.9. The molecule has 1 aromatic carbocycles. The van der Waals surface area contributed by atoms with Crippen LogP contribution in [-0.4, -0.2) is 26.2 Å². The Morgan fingerprint density at radius 2 is 2.20 bits per heavy atom. The van der Waals surface area contributed by atoms with E-state index >= 15 is 0 Å². The summed E-state index contributed by atoms with van der Waals surface area (Å²) in [6, 6.07) is 5.03. The summed E-state index contributed by atoms with van der Waals surface area (Å²) in [5, 5.41) is 2.90. The van der Waals surface area contributed by atoms with Crippen LogP contribution in [0.3, 0.4) is 0 Å². The van der Waals surface area contributed by atoms with Crippen molar-refractivity contribution >= 4 is 5.91 Å². The third-order valence-corrected chi connectivity index (χ3v) is 3.04. The summed E-state index contributed by atoms with van der Waals surface area (Å²) >= 11 is 0.